The summed E-state index contributed by atoms with van der Waals surface area (Å²) in [5, 5.41) is 4.92. The van der Waals surface area contributed by atoms with Crippen molar-refractivity contribution in [1.29, 1.82) is 0 Å². The summed E-state index contributed by atoms with van der Waals surface area (Å²) < 4.78 is 4.93. The van der Waals surface area contributed by atoms with Gasteiger partial charge in [-0.2, -0.15) is 9.97 Å². The summed E-state index contributed by atoms with van der Waals surface area (Å²) in [5.74, 6) is 1.82. The number of nitrogens with zero attached hydrogens (tertiary/aromatic N) is 4. The van der Waals surface area contributed by atoms with E-state index in [0.29, 0.717) is 17.6 Å². The van der Waals surface area contributed by atoms with Crippen LogP contribution in [-0.2, 0) is 0 Å². The lowest BCUT2D eigenvalue weighted by atomic mass is 10.0. The maximum absolute atomic E-state index is 5.31. The Labute approximate surface area is 302 Å². The van der Waals surface area contributed by atoms with Crippen molar-refractivity contribution in [2.75, 3.05) is 4.90 Å². The van der Waals surface area contributed by atoms with Gasteiger partial charge in [0, 0.05) is 62.8 Å². The third kappa shape index (κ3) is 5.24. The minimum Gasteiger partial charge on any atom is -0.279 e. The van der Waals surface area contributed by atoms with Gasteiger partial charge in [0.05, 0.1) is 0 Å². The van der Waals surface area contributed by atoms with E-state index in [-0.39, 0.29) is 0 Å². The van der Waals surface area contributed by atoms with E-state index in [2.05, 4.69) is 163 Å². The van der Waals surface area contributed by atoms with Crippen LogP contribution in [0.5, 0.6) is 0 Å². The number of hydrogen-bond donors (Lipinski definition) is 0. The fourth-order valence-electron chi connectivity index (χ4n) is 6.89. The van der Waals surface area contributed by atoms with Crippen molar-refractivity contribution in [3.63, 3.8) is 0 Å². The van der Waals surface area contributed by atoms with Crippen molar-refractivity contribution in [2.24, 2.45) is 0 Å². The molecule has 0 aliphatic heterocycles. The molecule has 3 aromatic heterocycles. The highest BCUT2D eigenvalue weighted by atomic mass is 32.1. The SMILES string of the molecule is c1ccc(-c2ccc(-c3nc(-c4cccc5c4sc4ccccc45)nc(N(c4ccccc4)c4ccc5sc6ccccc6c5c4)n3)cc2)cc1. The molecule has 0 spiro atoms. The molecular weight excluding hydrogens is 661 g/mol. The maximum atomic E-state index is 5.31. The van der Waals surface area contributed by atoms with Crippen LogP contribution in [0.25, 0.3) is 74.2 Å². The maximum Gasteiger partial charge on any atom is 0.238 e. The first-order chi connectivity index (χ1) is 25.3. The molecule has 4 nitrogen and oxygen atoms in total. The van der Waals surface area contributed by atoms with E-state index in [0.717, 1.165) is 28.1 Å². The summed E-state index contributed by atoms with van der Waals surface area (Å²) >= 11 is 3.60. The van der Waals surface area contributed by atoms with Crippen LogP contribution < -0.4 is 4.90 Å². The average molecular weight is 689 g/mol. The first kappa shape index (κ1) is 29.7. The molecule has 7 aromatic carbocycles. The predicted octanol–water partition coefficient (Wildman–Crippen LogP) is 13.1. The topological polar surface area (TPSA) is 41.9 Å². The Balaban J connectivity index is 1.21. The molecule has 0 saturated heterocycles. The summed E-state index contributed by atoms with van der Waals surface area (Å²) in [4.78, 5) is 17.9. The second-order valence-electron chi connectivity index (χ2n) is 12.5. The first-order valence-electron chi connectivity index (χ1n) is 16.9. The summed E-state index contributed by atoms with van der Waals surface area (Å²) in [7, 11) is 0. The molecule has 0 atom stereocenters. The van der Waals surface area contributed by atoms with Crippen molar-refractivity contribution < 1.29 is 0 Å². The molecule has 0 aliphatic carbocycles. The van der Waals surface area contributed by atoms with Crippen molar-refractivity contribution in [2.45, 2.75) is 0 Å². The number of para-hydroxylation sites is 1. The molecule has 51 heavy (non-hydrogen) atoms. The Morgan fingerprint density at radius 2 is 0.961 bits per heavy atom. The predicted molar refractivity (Wildman–Crippen MR) is 217 cm³/mol. The molecule has 0 amide bonds. The first-order valence-corrected chi connectivity index (χ1v) is 18.5. The molecule has 0 unspecified atom stereocenters. The van der Waals surface area contributed by atoms with Gasteiger partial charge >= 0.3 is 0 Å². The second-order valence-corrected chi connectivity index (χ2v) is 14.6. The molecule has 0 aliphatic rings. The average Bonchev–Trinajstić information content (AvgIpc) is 3.77. The van der Waals surface area contributed by atoms with Crippen molar-refractivity contribution in [3.05, 3.63) is 170 Å². The quantitative estimate of drug-likeness (QED) is 0.174. The Kier molecular flexibility index (Phi) is 7.15. The van der Waals surface area contributed by atoms with E-state index in [4.69, 9.17) is 15.0 Å². The van der Waals surface area contributed by atoms with Gasteiger partial charge < -0.3 is 0 Å². The molecule has 240 valence electrons. The van der Waals surface area contributed by atoms with Crippen molar-refractivity contribution >= 4 is 80.3 Å². The summed E-state index contributed by atoms with van der Waals surface area (Å²) in [5.41, 5.74) is 6.19. The molecule has 0 saturated carbocycles. The van der Waals surface area contributed by atoms with Gasteiger partial charge in [0.25, 0.3) is 0 Å². The fourth-order valence-corrected chi connectivity index (χ4v) is 9.19. The molecule has 0 fully saturated rings. The van der Waals surface area contributed by atoms with Crippen molar-refractivity contribution in [3.8, 4) is 33.9 Å². The molecule has 0 radical (unpaired) electrons. The lowest BCUT2D eigenvalue weighted by Crippen LogP contribution is -2.15. The van der Waals surface area contributed by atoms with E-state index in [9.17, 15) is 0 Å². The van der Waals surface area contributed by atoms with Crippen LogP contribution in [0.15, 0.2) is 170 Å². The number of anilines is 3. The van der Waals surface area contributed by atoms with Crippen molar-refractivity contribution in [1.82, 2.24) is 15.0 Å². The fraction of sp³-hybridized carbons (Fsp3) is 0. The highest BCUT2D eigenvalue weighted by Gasteiger charge is 2.22. The third-order valence-corrected chi connectivity index (χ3v) is 11.7. The van der Waals surface area contributed by atoms with E-state index in [1.54, 1.807) is 11.3 Å². The zero-order chi connectivity index (χ0) is 33.7. The molecule has 10 aromatic rings. The third-order valence-electron chi connectivity index (χ3n) is 9.35. The van der Waals surface area contributed by atoms with E-state index < -0.39 is 0 Å². The molecule has 0 bridgehead atoms. The van der Waals surface area contributed by atoms with Gasteiger partial charge in [-0.05, 0) is 59.7 Å². The smallest absolute Gasteiger partial charge is 0.238 e. The van der Waals surface area contributed by atoms with Crippen LogP contribution in [0.3, 0.4) is 0 Å². The van der Waals surface area contributed by atoms with E-state index >= 15 is 0 Å². The van der Waals surface area contributed by atoms with Crippen LogP contribution in [0.2, 0.25) is 0 Å². The Bertz CT molecular complexity index is 2860. The molecular formula is C45H28N4S2. The molecule has 6 heteroatoms. The number of benzene rings is 7. The van der Waals surface area contributed by atoms with Crippen LogP contribution in [0.4, 0.5) is 17.3 Å². The van der Waals surface area contributed by atoms with Crippen LogP contribution in [-0.4, -0.2) is 15.0 Å². The van der Waals surface area contributed by atoms with Gasteiger partial charge in [0.1, 0.15) is 0 Å². The summed E-state index contributed by atoms with van der Waals surface area (Å²) in [6.45, 7) is 0. The molecule has 3 heterocycles. The lowest BCUT2D eigenvalue weighted by molar-refractivity contribution is 1.02. The zero-order valence-corrected chi connectivity index (χ0v) is 28.9. The van der Waals surface area contributed by atoms with Gasteiger partial charge in [-0.25, -0.2) is 4.98 Å². The van der Waals surface area contributed by atoms with Gasteiger partial charge in [0.15, 0.2) is 11.6 Å². The summed E-state index contributed by atoms with van der Waals surface area (Å²) in [6.07, 6.45) is 0. The van der Waals surface area contributed by atoms with Gasteiger partial charge in [-0.15, -0.1) is 22.7 Å². The number of aromatic nitrogens is 3. The second kappa shape index (κ2) is 12.3. The van der Waals surface area contributed by atoms with Crippen LogP contribution in [0.1, 0.15) is 0 Å². The molecule has 10 rings (SSSR count). The van der Waals surface area contributed by atoms with E-state index in [1.807, 2.05) is 23.5 Å². The molecule has 0 N–H and O–H groups in total. The minimum atomic E-state index is 0.560. The highest BCUT2D eigenvalue weighted by Crippen LogP contribution is 2.42. The Morgan fingerprint density at radius 1 is 0.373 bits per heavy atom. The summed E-state index contributed by atoms with van der Waals surface area (Å²) in [6, 6.07) is 59.6. The zero-order valence-electron chi connectivity index (χ0n) is 27.3. The number of hydrogen-bond acceptors (Lipinski definition) is 6. The van der Waals surface area contributed by atoms with Crippen LogP contribution >= 0.6 is 22.7 Å². The minimum absolute atomic E-state index is 0.560. The van der Waals surface area contributed by atoms with E-state index in [1.165, 1.54) is 45.9 Å². The normalized spacial score (nSPS) is 11.5. The van der Waals surface area contributed by atoms with Gasteiger partial charge in [-0.1, -0.05) is 121 Å². The monoisotopic (exact) mass is 688 g/mol. The number of fused-ring (bicyclic) bond motifs is 6. The Morgan fingerprint density at radius 3 is 1.75 bits per heavy atom. The Hall–Kier alpha value is -6.21. The lowest BCUT2D eigenvalue weighted by Gasteiger charge is -2.24. The number of thiophene rings is 2. The standard InChI is InChI=1S/C45H28N4S2/c1-3-12-29(13-4-1)30-22-24-31(25-23-30)43-46-44(37-19-11-18-36-34-16-7-10-21-40(34)51-42(36)37)48-45(47-43)49(32-14-5-2-6-15-32)33-26-27-41-38(28-33)35-17-8-9-20-39(35)50-41/h1-28H. The largest absolute Gasteiger partial charge is 0.279 e. The highest BCUT2D eigenvalue weighted by molar-refractivity contribution is 7.26. The van der Waals surface area contributed by atoms with Gasteiger partial charge in [0.2, 0.25) is 5.95 Å². The number of rotatable bonds is 6. The van der Waals surface area contributed by atoms with Crippen LogP contribution in [0, 0.1) is 0 Å². The van der Waals surface area contributed by atoms with Gasteiger partial charge in [-0.3, -0.25) is 4.90 Å².